The average molecular weight is 289 g/mol. The van der Waals surface area contributed by atoms with Crippen molar-refractivity contribution in [3.8, 4) is 6.07 Å². The van der Waals surface area contributed by atoms with Crippen LogP contribution in [0.1, 0.15) is 36.8 Å². The van der Waals surface area contributed by atoms with Gasteiger partial charge in [-0.3, -0.25) is 4.40 Å². The van der Waals surface area contributed by atoms with E-state index in [0.29, 0.717) is 10.7 Å². The zero-order chi connectivity index (χ0) is 14.9. The van der Waals surface area contributed by atoms with Crippen LogP contribution in [0.25, 0.3) is 5.65 Å². The Morgan fingerprint density at radius 1 is 1.55 bits per heavy atom. The van der Waals surface area contributed by atoms with Gasteiger partial charge in [0.05, 0.1) is 11.5 Å². The highest BCUT2D eigenvalue weighted by Gasteiger charge is 2.23. The van der Waals surface area contributed by atoms with Gasteiger partial charge in [0.1, 0.15) is 10.7 Å². The molecule has 0 aromatic carbocycles. The standard InChI is InChI=1S/C14H15N3O2S/c1-4-20-12-11(13(18)19)16-10-6-5-9(7-17(10)12)14(2,3)8-15/h5-7H,4H2,1-3H3,(H,18,19). The lowest BCUT2D eigenvalue weighted by atomic mass is 9.88. The molecule has 2 aromatic heterocycles. The molecular weight excluding hydrogens is 274 g/mol. The number of hydrogen-bond acceptors (Lipinski definition) is 4. The third-order valence-corrected chi connectivity index (χ3v) is 4.01. The van der Waals surface area contributed by atoms with Crippen molar-refractivity contribution in [1.29, 1.82) is 5.26 Å². The molecule has 0 saturated carbocycles. The minimum atomic E-state index is -1.04. The summed E-state index contributed by atoms with van der Waals surface area (Å²) in [4.78, 5) is 15.4. The van der Waals surface area contributed by atoms with Crippen LogP contribution >= 0.6 is 11.8 Å². The van der Waals surface area contributed by atoms with Crippen molar-refractivity contribution in [3.05, 3.63) is 29.6 Å². The first-order valence-corrected chi connectivity index (χ1v) is 7.19. The van der Waals surface area contributed by atoms with Gasteiger partial charge < -0.3 is 5.11 Å². The van der Waals surface area contributed by atoms with Gasteiger partial charge in [-0.25, -0.2) is 9.78 Å². The molecule has 0 aliphatic heterocycles. The van der Waals surface area contributed by atoms with Gasteiger partial charge in [0.2, 0.25) is 0 Å². The first-order chi connectivity index (χ1) is 9.40. The molecule has 1 N–H and O–H groups in total. The molecule has 0 aliphatic carbocycles. The number of carboxylic acids is 1. The van der Waals surface area contributed by atoms with Crippen LogP contribution in [0.2, 0.25) is 0 Å². The van der Waals surface area contributed by atoms with Gasteiger partial charge >= 0.3 is 5.97 Å². The molecule has 0 saturated heterocycles. The molecule has 0 atom stereocenters. The minimum absolute atomic E-state index is 0.0590. The predicted octanol–water partition coefficient (Wildman–Crippen LogP) is 2.95. The summed E-state index contributed by atoms with van der Waals surface area (Å²) in [5.74, 6) is -0.286. The third-order valence-electron chi connectivity index (χ3n) is 3.06. The Balaban J connectivity index is 2.70. The molecule has 2 aromatic rings. The molecule has 0 radical (unpaired) electrons. The Kier molecular flexibility index (Phi) is 3.73. The van der Waals surface area contributed by atoms with E-state index in [1.807, 2.05) is 26.8 Å². The van der Waals surface area contributed by atoms with Gasteiger partial charge in [-0.2, -0.15) is 5.26 Å². The molecule has 2 heterocycles. The van der Waals surface area contributed by atoms with E-state index >= 15 is 0 Å². The number of pyridine rings is 1. The Bertz CT molecular complexity index is 713. The van der Waals surface area contributed by atoms with Gasteiger partial charge in [-0.15, -0.1) is 11.8 Å². The van der Waals surface area contributed by atoms with Crippen LogP contribution in [0.5, 0.6) is 0 Å². The van der Waals surface area contributed by atoms with Crippen LogP contribution in [0.15, 0.2) is 23.4 Å². The summed E-state index contributed by atoms with van der Waals surface area (Å²) < 4.78 is 1.76. The molecule has 0 spiro atoms. The smallest absolute Gasteiger partial charge is 0.357 e. The van der Waals surface area contributed by atoms with Gasteiger partial charge in [0, 0.05) is 6.20 Å². The third kappa shape index (κ3) is 2.37. The van der Waals surface area contributed by atoms with Crippen molar-refractivity contribution in [1.82, 2.24) is 9.38 Å². The van der Waals surface area contributed by atoms with E-state index in [2.05, 4.69) is 11.1 Å². The van der Waals surface area contributed by atoms with E-state index in [4.69, 9.17) is 0 Å². The second-order valence-electron chi connectivity index (χ2n) is 4.89. The average Bonchev–Trinajstić information content (AvgIpc) is 2.78. The summed E-state index contributed by atoms with van der Waals surface area (Å²) in [5, 5.41) is 19.0. The van der Waals surface area contributed by atoms with Crippen LogP contribution in [-0.2, 0) is 5.41 Å². The fourth-order valence-corrected chi connectivity index (χ4v) is 2.70. The molecule has 0 unspecified atom stereocenters. The summed E-state index contributed by atoms with van der Waals surface area (Å²) in [5.41, 5.74) is 0.843. The normalized spacial score (nSPS) is 11.5. The summed E-state index contributed by atoms with van der Waals surface area (Å²) in [6, 6.07) is 5.81. The van der Waals surface area contributed by atoms with Crippen molar-refractivity contribution in [2.24, 2.45) is 0 Å². The number of aromatic nitrogens is 2. The summed E-state index contributed by atoms with van der Waals surface area (Å²) >= 11 is 1.43. The molecule has 0 bridgehead atoms. The maximum absolute atomic E-state index is 11.3. The van der Waals surface area contributed by atoms with Crippen LogP contribution in [0, 0.1) is 11.3 Å². The topological polar surface area (TPSA) is 78.4 Å². The van der Waals surface area contributed by atoms with Crippen molar-refractivity contribution in [2.75, 3.05) is 5.75 Å². The van der Waals surface area contributed by atoms with Crippen LogP contribution < -0.4 is 0 Å². The lowest BCUT2D eigenvalue weighted by Crippen LogP contribution is -2.14. The van der Waals surface area contributed by atoms with E-state index in [1.165, 1.54) is 11.8 Å². The molecule has 0 fully saturated rings. The first-order valence-electron chi connectivity index (χ1n) is 6.20. The SMILES string of the molecule is CCSc1c(C(=O)O)nc2ccc(C(C)(C)C#N)cn12. The van der Waals surface area contributed by atoms with Crippen molar-refractivity contribution in [3.63, 3.8) is 0 Å². The highest BCUT2D eigenvalue weighted by molar-refractivity contribution is 7.99. The zero-order valence-electron chi connectivity index (χ0n) is 11.5. The van der Waals surface area contributed by atoms with Crippen molar-refractivity contribution in [2.45, 2.75) is 31.2 Å². The van der Waals surface area contributed by atoms with Crippen molar-refractivity contribution < 1.29 is 9.90 Å². The number of hydrogen-bond donors (Lipinski definition) is 1. The molecule has 0 amide bonds. The van der Waals surface area contributed by atoms with Gasteiger partial charge in [-0.05, 0) is 31.2 Å². The lowest BCUT2D eigenvalue weighted by Gasteiger charge is -2.16. The molecular formula is C14H15N3O2S. The number of rotatable bonds is 4. The zero-order valence-corrected chi connectivity index (χ0v) is 12.4. The maximum Gasteiger partial charge on any atom is 0.357 e. The van der Waals surface area contributed by atoms with Crippen LogP contribution in [0.4, 0.5) is 0 Å². The molecule has 6 heteroatoms. The van der Waals surface area contributed by atoms with Gasteiger partial charge in [0.15, 0.2) is 5.69 Å². The second-order valence-corrected chi connectivity index (χ2v) is 6.14. The number of carboxylic acid groups (broad SMARTS) is 1. The number of nitriles is 1. The molecule has 20 heavy (non-hydrogen) atoms. The Labute approximate surface area is 121 Å². The van der Waals surface area contributed by atoms with E-state index in [0.717, 1.165) is 11.3 Å². The predicted molar refractivity (Wildman–Crippen MR) is 77.2 cm³/mol. The Morgan fingerprint density at radius 3 is 2.80 bits per heavy atom. The van der Waals surface area contributed by atoms with Gasteiger partial charge in [0.25, 0.3) is 0 Å². The number of nitrogens with zero attached hydrogens (tertiary/aromatic N) is 3. The first kappa shape index (κ1) is 14.4. The molecule has 5 nitrogen and oxygen atoms in total. The molecule has 0 aliphatic rings. The number of fused-ring (bicyclic) bond motifs is 1. The fraction of sp³-hybridized carbons (Fsp3) is 0.357. The minimum Gasteiger partial charge on any atom is -0.476 e. The summed E-state index contributed by atoms with van der Waals surface area (Å²) in [6.45, 7) is 5.62. The van der Waals surface area contributed by atoms with Crippen LogP contribution in [0.3, 0.4) is 0 Å². The number of imidazole rings is 1. The Morgan fingerprint density at radius 2 is 2.25 bits per heavy atom. The maximum atomic E-state index is 11.3. The van der Waals surface area contributed by atoms with Crippen LogP contribution in [-0.4, -0.2) is 26.2 Å². The fourth-order valence-electron chi connectivity index (χ4n) is 1.87. The van der Waals surface area contributed by atoms with Crippen molar-refractivity contribution >= 4 is 23.4 Å². The van der Waals surface area contributed by atoms with E-state index in [1.54, 1.807) is 16.7 Å². The molecule has 2 rings (SSSR count). The van der Waals surface area contributed by atoms with E-state index in [9.17, 15) is 15.2 Å². The Hall–Kier alpha value is -2.00. The monoisotopic (exact) mass is 289 g/mol. The number of thioether (sulfide) groups is 1. The number of carbonyl (C=O) groups is 1. The second kappa shape index (κ2) is 5.17. The largest absolute Gasteiger partial charge is 0.476 e. The molecule has 104 valence electrons. The summed E-state index contributed by atoms with van der Waals surface area (Å²) in [7, 11) is 0. The van der Waals surface area contributed by atoms with E-state index in [-0.39, 0.29) is 5.69 Å². The van der Waals surface area contributed by atoms with Gasteiger partial charge in [-0.1, -0.05) is 13.0 Å². The lowest BCUT2D eigenvalue weighted by molar-refractivity contribution is 0.0687. The quantitative estimate of drug-likeness (QED) is 0.875. The highest BCUT2D eigenvalue weighted by Crippen LogP contribution is 2.28. The van der Waals surface area contributed by atoms with E-state index < -0.39 is 11.4 Å². The number of aromatic carboxylic acids is 1. The highest BCUT2D eigenvalue weighted by atomic mass is 32.2. The summed E-state index contributed by atoms with van der Waals surface area (Å²) in [6.07, 6.45) is 1.80.